The number of nitrogens with one attached hydrogen (secondary N) is 1. The summed E-state index contributed by atoms with van der Waals surface area (Å²) in [6, 6.07) is 15.0. The van der Waals surface area contributed by atoms with Crippen LogP contribution in [0.15, 0.2) is 60.9 Å². The van der Waals surface area contributed by atoms with Crippen LogP contribution in [0.5, 0.6) is 0 Å². The molecular weight excluding hydrogens is 411 g/mol. The predicted molar refractivity (Wildman–Crippen MR) is 122 cm³/mol. The van der Waals surface area contributed by atoms with Crippen molar-refractivity contribution in [3.05, 3.63) is 83.7 Å². The molecule has 5 rings (SSSR count). The molecule has 0 amide bonds. The number of anilines is 1. The molecule has 0 aliphatic carbocycles. The molecular formula is C24H25FN4OS. The van der Waals surface area contributed by atoms with Crippen molar-refractivity contribution in [2.45, 2.75) is 44.5 Å². The third-order valence-corrected chi connectivity index (χ3v) is 6.42. The number of thiocarbonyl (C=S) groups is 1. The molecule has 160 valence electrons. The maximum Gasteiger partial charge on any atom is 0.174 e. The van der Waals surface area contributed by atoms with Gasteiger partial charge >= 0.3 is 0 Å². The molecule has 0 unspecified atom stereocenters. The Kier molecular flexibility index (Phi) is 5.46. The van der Waals surface area contributed by atoms with E-state index in [4.69, 9.17) is 17.0 Å². The highest BCUT2D eigenvalue weighted by Gasteiger charge is 2.42. The molecule has 0 radical (unpaired) electrons. The van der Waals surface area contributed by atoms with Gasteiger partial charge in [0.05, 0.1) is 17.8 Å². The van der Waals surface area contributed by atoms with Crippen LogP contribution in [-0.4, -0.2) is 27.4 Å². The first kappa shape index (κ1) is 20.2. The van der Waals surface area contributed by atoms with Gasteiger partial charge in [-0.3, -0.25) is 4.98 Å². The zero-order valence-electron chi connectivity index (χ0n) is 17.4. The van der Waals surface area contributed by atoms with E-state index in [2.05, 4.69) is 38.1 Å². The molecule has 1 aromatic carbocycles. The largest absolute Gasteiger partial charge is 0.376 e. The first-order valence-corrected chi connectivity index (χ1v) is 11.1. The molecule has 1 N–H and O–H groups in total. The minimum atomic E-state index is -0.221. The van der Waals surface area contributed by atoms with E-state index in [1.807, 2.05) is 24.3 Å². The molecule has 2 aromatic heterocycles. The number of halogens is 1. The van der Waals surface area contributed by atoms with Gasteiger partial charge in [-0.05, 0) is 80.0 Å². The van der Waals surface area contributed by atoms with Crippen LogP contribution in [0.25, 0.3) is 0 Å². The van der Waals surface area contributed by atoms with E-state index in [9.17, 15) is 4.39 Å². The summed E-state index contributed by atoms with van der Waals surface area (Å²) in [5.41, 5.74) is 3.50. The van der Waals surface area contributed by atoms with Gasteiger partial charge in [0.2, 0.25) is 0 Å². The van der Waals surface area contributed by atoms with Crippen molar-refractivity contribution in [1.29, 1.82) is 0 Å². The number of aryl methyl sites for hydroxylation is 1. The number of ether oxygens (including phenoxy) is 1. The Balaban J connectivity index is 1.58. The van der Waals surface area contributed by atoms with Gasteiger partial charge in [-0.25, -0.2) is 4.39 Å². The number of hydrogen-bond acceptors (Lipinski definition) is 3. The van der Waals surface area contributed by atoms with Gasteiger partial charge < -0.3 is 19.5 Å². The molecule has 0 bridgehead atoms. The Bertz CT molecular complexity index is 1080. The van der Waals surface area contributed by atoms with Gasteiger partial charge in [-0.2, -0.15) is 0 Å². The summed E-state index contributed by atoms with van der Waals surface area (Å²) >= 11 is 5.77. The van der Waals surface area contributed by atoms with Crippen LogP contribution in [0.2, 0.25) is 0 Å². The van der Waals surface area contributed by atoms with Crippen molar-refractivity contribution in [2.24, 2.45) is 0 Å². The monoisotopic (exact) mass is 436 g/mol. The van der Waals surface area contributed by atoms with E-state index >= 15 is 0 Å². The summed E-state index contributed by atoms with van der Waals surface area (Å²) < 4.78 is 22.1. The second-order valence-electron chi connectivity index (χ2n) is 8.15. The normalized spacial score (nSPS) is 23.4. The number of rotatable bonds is 5. The zero-order chi connectivity index (χ0) is 21.4. The van der Waals surface area contributed by atoms with Crippen LogP contribution < -0.4 is 10.2 Å². The summed E-state index contributed by atoms with van der Waals surface area (Å²) in [6.45, 7) is 3.40. The molecule has 0 spiro atoms. The van der Waals surface area contributed by atoms with Crippen LogP contribution in [0.4, 0.5) is 10.1 Å². The van der Waals surface area contributed by atoms with Crippen LogP contribution in [0, 0.1) is 12.7 Å². The fraction of sp³-hybridized carbons (Fsp3) is 0.333. The summed E-state index contributed by atoms with van der Waals surface area (Å²) in [4.78, 5) is 6.69. The fourth-order valence-electron chi connectivity index (χ4n) is 4.58. The number of pyridine rings is 1. The van der Waals surface area contributed by atoms with E-state index in [1.54, 1.807) is 19.2 Å². The summed E-state index contributed by atoms with van der Waals surface area (Å²) in [5, 5.41) is 4.08. The lowest BCUT2D eigenvalue weighted by Gasteiger charge is -2.29. The van der Waals surface area contributed by atoms with Crippen molar-refractivity contribution >= 4 is 23.0 Å². The molecule has 7 heteroatoms. The van der Waals surface area contributed by atoms with Crippen molar-refractivity contribution in [2.75, 3.05) is 11.5 Å². The summed E-state index contributed by atoms with van der Waals surface area (Å²) in [6.07, 6.45) is 6.30. The number of hydrogen-bond donors (Lipinski definition) is 1. The van der Waals surface area contributed by atoms with Gasteiger partial charge in [0, 0.05) is 36.9 Å². The summed E-state index contributed by atoms with van der Waals surface area (Å²) in [5.74, 6) is -0.221. The second-order valence-corrected chi connectivity index (χ2v) is 8.54. The highest BCUT2D eigenvalue weighted by atomic mass is 32.1. The first-order valence-electron chi connectivity index (χ1n) is 10.7. The third-order valence-electron chi connectivity index (χ3n) is 6.11. The number of nitrogens with zero attached hydrogens (tertiary/aromatic N) is 3. The standard InChI is InChI=1S/C24H25FN4OS/c1-16-14-17(9-10-19(16)25)29-23(22(27-24(29)31)20-7-2-3-11-26-20)21-8-4-12-28(21)15-18-6-5-13-30-18/h2-4,7-12,14,18,22-23H,5-6,13,15H2,1H3,(H,27,31)/t18-,22+,23-/m0/s1. The molecule has 5 nitrogen and oxygen atoms in total. The Morgan fingerprint density at radius 2 is 2.13 bits per heavy atom. The Morgan fingerprint density at radius 3 is 2.87 bits per heavy atom. The molecule has 31 heavy (non-hydrogen) atoms. The molecule has 2 fully saturated rings. The lowest BCUT2D eigenvalue weighted by molar-refractivity contribution is 0.0961. The van der Waals surface area contributed by atoms with Gasteiger partial charge in [0.15, 0.2) is 5.11 Å². The van der Waals surface area contributed by atoms with Gasteiger partial charge in [0.25, 0.3) is 0 Å². The Hall–Kier alpha value is -2.77. The van der Waals surface area contributed by atoms with Crippen molar-refractivity contribution < 1.29 is 9.13 Å². The topological polar surface area (TPSA) is 42.3 Å². The lowest BCUT2D eigenvalue weighted by Crippen LogP contribution is -2.31. The molecule has 2 aliphatic heterocycles. The van der Waals surface area contributed by atoms with E-state index in [0.717, 1.165) is 43.1 Å². The second kappa shape index (κ2) is 8.40. The SMILES string of the molecule is Cc1cc(N2C(=S)N[C@H](c3ccccn3)[C@@H]2c2cccn2C[C@@H]2CCCO2)ccc1F. The molecule has 3 aromatic rings. The van der Waals surface area contributed by atoms with Gasteiger partial charge in [-0.1, -0.05) is 6.07 Å². The molecule has 2 aliphatic rings. The molecule has 2 saturated heterocycles. The average Bonchev–Trinajstić information content (AvgIpc) is 3.52. The van der Waals surface area contributed by atoms with Gasteiger partial charge in [-0.15, -0.1) is 0 Å². The quantitative estimate of drug-likeness (QED) is 0.588. The smallest absolute Gasteiger partial charge is 0.174 e. The molecule has 0 saturated carbocycles. The van der Waals surface area contributed by atoms with Crippen LogP contribution in [0.1, 0.15) is 41.9 Å². The maximum atomic E-state index is 14.0. The highest BCUT2D eigenvalue weighted by Crippen LogP contribution is 2.42. The Labute approximate surface area is 186 Å². The van der Waals surface area contributed by atoms with Crippen LogP contribution >= 0.6 is 12.2 Å². The third kappa shape index (κ3) is 3.83. The minimum absolute atomic E-state index is 0.122. The highest BCUT2D eigenvalue weighted by molar-refractivity contribution is 7.80. The summed E-state index contributed by atoms with van der Waals surface area (Å²) in [7, 11) is 0. The predicted octanol–water partition coefficient (Wildman–Crippen LogP) is 4.69. The van der Waals surface area contributed by atoms with Crippen molar-refractivity contribution in [3.8, 4) is 0 Å². The zero-order valence-corrected chi connectivity index (χ0v) is 18.2. The lowest BCUT2D eigenvalue weighted by atomic mass is 10.0. The van der Waals surface area contributed by atoms with Gasteiger partial charge in [0.1, 0.15) is 11.9 Å². The van der Waals surface area contributed by atoms with Crippen LogP contribution in [-0.2, 0) is 11.3 Å². The molecule has 4 heterocycles. The van der Waals surface area contributed by atoms with Crippen molar-refractivity contribution in [3.63, 3.8) is 0 Å². The maximum absolute atomic E-state index is 14.0. The number of benzene rings is 1. The van der Waals surface area contributed by atoms with E-state index in [0.29, 0.717) is 10.7 Å². The van der Waals surface area contributed by atoms with E-state index in [1.165, 1.54) is 6.07 Å². The van der Waals surface area contributed by atoms with Crippen molar-refractivity contribution in [1.82, 2.24) is 14.9 Å². The van der Waals surface area contributed by atoms with Crippen LogP contribution in [0.3, 0.4) is 0 Å². The fourth-order valence-corrected chi connectivity index (χ4v) is 4.93. The minimum Gasteiger partial charge on any atom is -0.376 e. The average molecular weight is 437 g/mol. The first-order chi connectivity index (χ1) is 15.1. The van der Waals surface area contributed by atoms with E-state index in [-0.39, 0.29) is 24.0 Å². The van der Waals surface area contributed by atoms with E-state index < -0.39 is 0 Å². The molecule has 3 atom stereocenters. The Morgan fingerprint density at radius 1 is 1.23 bits per heavy atom. The number of aromatic nitrogens is 2.